The molecule has 3 aromatic rings. The van der Waals surface area contributed by atoms with Crippen LogP contribution in [-0.4, -0.2) is 52.0 Å². The van der Waals surface area contributed by atoms with Crippen LogP contribution in [0.3, 0.4) is 0 Å². The first-order valence-corrected chi connectivity index (χ1v) is 11.3. The van der Waals surface area contributed by atoms with Gasteiger partial charge >= 0.3 is 6.01 Å². The van der Waals surface area contributed by atoms with Gasteiger partial charge in [0.2, 0.25) is 5.88 Å². The molecule has 0 aliphatic rings. The predicted molar refractivity (Wildman–Crippen MR) is 123 cm³/mol. The van der Waals surface area contributed by atoms with Gasteiger partial charge in [-0.2, -0.15) is 9.97 Å². The highest BCUT2D eigenvalue weighted by Crippen LogP contribution is 2.21. The lowest BCUT2D eigenvalue weighted by Crippen LogP contribution is -2.15. The Balaban J connectivity index is 1.59. The molecule has 10 nitrogen and oxygen atoms in total. The fourth-order valence-electron chi connectivity index (χ4n) is 2.84. The smallest absolute Gasteiger partial charge is 0.321 e. The molecule has 174 valence electrons. The lowest BCUT2D eigenvalue weighted by atomic mass is 10.1. The molecule has 0 saturated carbocycles. The van der Waals surface area contributed by atoms with E-state index in [0.717, 1.165) is 0 Å². The Morgan fingerprint density at radius 3 is 2.21 bits per heavy atom. The van der Waals surface area contributed by atoms with Crippen LogP contribution in [0.25, 0.3) is 0 Å². The highest BCUT2D eigenvalue weighted by molar-refractivity contribution is 7.92. The number of sulfonamides is 1. The molecule has 0 aliphatic heterocycles. The summed E-state index contributed by atoms with van der Waals surface area (Å²) in [4.78, 5) is 20.2. The predicted octanol–water partition coefficient (Wildman–Crippen LogP) is 2.99. The van der Waals surface area contributed by atoms with Crippen molar-refractivity contribution in [3.05, 3.63) is 60.2 Å². The topological polar surface area (TPSA) is 129 Å². The second-order valence-electron chi connectivity index (χ2n) is 6.74. The third kappa shape index (κ3) is 6.32. The van der Waals surface area contributed by atoms with Gasteiger partial charge in [0.15, 0.2) is 11.6 Å². The number of hydrogen-bond donors (Lipinski definition) is 2. The van der Waals surface area contributed by atoms with Crippen molar-refractivity contribution in [1.29, 1.82) is 0 Å². The van der Waals surface area contributed by atoms with Crippen molar-refractivity contribution in [2.75, 3.05) is 37.9 Å². The third-order valence-electron chi connectivity index (χ3n) is 4.57. The van der Waals surface area contributed by atoms with Crippen LogP contribution < -0.4 is 24.2 Å². The first-order chi connectivity index (χ1) is 15.8. The van der Waals surface area contributed by atoms with Gasteiger partial charge in [-0.15, -0.1) is 0 Å². The van der Waals surface area contributed by atoms with Crippen molar-refractivity contribution in [2.45, 2.75) is 11.3 Å². The van der Waals surface area contributed by atoms with E-state index in [4.69, 9.17) is 14.2 Å². The maximum absolute atomic E-state index is 12.7. The fourth-order valence-corrected chi connectivity index (χ4v) is 3.83. The SMILES string of the molecule is COc1ccc(C(=O)CCNc2ccc(S(=O)(=O)Nc3cc(OC)nc(OC)n3)cc2)cc1. The van der Waals surface area contributed by atoms with Crippen LogP contribution in [-0.2, 0) is 10.0 Å². The number of methoxy groups -OCH3 is 3. The van der Waals surface area contributed by atoms with Crippen LogP contribution in [0.1, 0.15) is 16.8 Å². The third-order valence-corrected chi connectivity index (χ3v) is 5.94. The van der Waals surface area contributed by atoms with Crippen molar-refractivity contribution < 1.29 is 27.4 Å². The van der Waals surface area contributed by atoms with E-state index in [0.29, 0.717) is 23.5 Å². The molecular weight excluding hydrogens is 448 g/mol. The van der Waals surface area contributed by atoms with Gasteiger partial charge in [0.1, 0.15) is 5.75 Å². The maximum Gasteiger partial charge on any atom is 0.321 e. The van der Waals surface area contributed by atoms with Crippen LogP contribution in [0.5, 0.6) is 17.6 Å². The van der Waals surface area contributed by atoms with E-state index < -0.39 is 10.0 Å². The molecule has 0 unspecified atom stereocenters. The number of nitrogens with zero attached hydrogens (tertiary/aromatic N) is 2. The summed E-state index contributed by atoms with van der Waals surface area (Å²) >= 11 is 0. The van der Waals surface area contributed by atoms with E-state index >= 15 is 0 Å². The van der Waals surface area contributed by atoms with E-state index in [9.17, 15) is 13.2 Å². The minimum Gasteiger partial charge on any atom is -0.497 e. The Morgan fingerprint density at radius 1 is 0.909 bits per heavy atom. The maximum atomic E-state index is 12.7. The van der Waals surface area contributed by atoms with Gasteiger partial charge in [0.25, 0.3) is 10.0 Å². The number of carbonyl (C=O) groups is 1. The minimum atomic E-state index is -3.90. The number of carbonyl (C=O) groups excluding carboxylic acids is 1. The number of Topliss-reactive ketones (excluding diaryl/α,β-unsaturated/α-hetero) is 1. The van der Waals surface area contributed by atoms with E-state index in [1.165, 1.54) is 32.4 Å². The van der Waals surface area contributed by atoms with Gasteiger partial charge in [-0.25, -0.2) is 8.42 Å². The highest BCUT2D eigenvalue weighted by atomic mass is 32.2. The molecule has 0 amide bonds. The van der Waals surface area contributed by atoms with Crippen molar-refractivity contribution >= 4 is 27.3 Å². The molecule has 33 heavy (non-hydrogen) atoms. The molecule has 11 heteroatoms. The van der Waals surface area contributed by atoms with Gasteiger partial charge in [-0.05, 0) is 48.5 Å². The minimum absolute atomic E-state index is 0.00995. The normalized spacial score (nSPS) is 10.9. The zero-order valence-electron chi connectivity index (χ0n) is 18.4. The van der Waals surface area contributed by atoms with Crippen LogP contribution in [0.2, 0.25) is 0 Å². The standard InChI is InChI=1S/C22H24N4O6S/c1-30-17-8-4-15(5-9-17)19(27)12-13-23-16-6-10-18(11-7-16)33(28,29)26-20-14-21(31-2)25-22(24-20)32-3/h4-11,14,23H,12-13H2,1-3H3,(H,24,25,26). The molecule has 0 spiro atoms. The van der Waals surface area contributed by atoms with Gasteiger partial charge in [0.05, 0.1) is 26.2 Å². The molecule has 0 atom stereocenters. The number of nitrogens with one attached hydrogen (secondary N) is 2. The van der Waals surface area contributed by atoms with Crippen molar-refractivity contribution in [2.24, 2.45) is 0 Å². The first-order valence-electron chi connectivity index (χ1n) is 9.85. The fraction of sp³-hybridized carbons (Fsp3) is 0.227. The molecule has 0 saturated heterocycles. The second kappa shape index (κ2) is 10.6. The molecular formula is C22H24N4O6S. The van der Waals surface area contributed by atoms with Crippen LogP contribution in [0, 0.1) is 0 Å². The summed E-state index contributed by atoms with van der Waals surface area (Å²) < 4.78 is 42.8. The van der Waals surface area contributed by atoms with E-state index in [1.807, 2.05) is 0 Å². The van der Waals surface area contributed by atoms with Gasteiger partial charge in [-0.1, -0.05) is 0 Å². The van der Waals surface area contributed by atoms with Gasteiger partial charge in [0, 0.05) is 30.3 Å². The Morgan fingerprint density at radius 2 is 1.61 bits per heavy atom. The molecule has 2 aromatic carbocycles. The Bertz CT molecular complexity index is 1180. The summed E-state index contributed by atoms with van der Waals surface area (Å²) in [5, 5.41) is 3.11. The van der Waals surface area contributed by atoms with Crippen LogP contribution >= 0.6 is 0 Å². The van der Waals surface area contributed by atoms with E-state index in [1.54, 1.807) is 43.5 Å². The van der Waals surface area contributed by atoms with Gasteiger partial charge < -0.3 is 19.5 Å². The molecule has 0 aliphatic carbocycles. The molecule has 0 fully saturated rings. The van der Waals surface area contributed by atoms with Crippen molar-refractivity contribution in [3.8, 4) is 17.6 Å². The van der Waals surface area contributed by atoms with E-state index in [-0.39, 0.29) is 34.8 Å². The van der Waals surface area contributed by atoms with Crippen LogP contribution in [0.15, 0.2) is 59.5 Å². The number of anilines is 2. The zero-order valence-corrected chi connectivity index (χ0v) is 19.2. The van der Waals surface area contributed by atoms with Crippen molar-refractivity contribution in [3.63, 3.8) is 0 Å². The van der Waals surface area contributed by atoms with Gasteiger partial charge in [-0.3, -0.25) is 9.52 Å². The highest BCUT2D eigenvalue weighted by Gasteiger charge is 2.17. The monoisotopic (exact) mass is 472 g/mol. The number of benzene rings is 2. The molecule has 2 N–H and O–H groups in total. The number of ketones is 1. The lowest BCUT2D eigenvalue weighted by Gasteiger charge is -2.11. The number of ether oxygens (including phenoxy) is 3. The average Bonchev–Trinajstić information content (AvgIpc) is 2.83. The summed E-state index contributed by atoms with van der Waals surface area (Å²) in [7, 11) is 0.431. The molecule has 0 radical (unpaired) electrons. The molecule has 3 rings (SSSR count). The Hall–Kier alpha value is -3.86. The second-order valence-corrected chi connectivity index (χ2v) is 8.42. The zero-order chi connectivity index (χ0) is 23.8. The molecule has 1 aromatic heterocycles. The summed E-state index contributed by atoms with van der Waals surface area (Å²) in [6, 6.07) is 14.4. The Labute approximate surface area is 192 Å². The Kier molecular flexibility index (Phi) is 7.67. The lowest BCUT2D eigenvalue weighted by molar-refractivity contribution is 0.0986. The first kappa shape index (κ1) is 23.8. The summed E-state index contributed by atoms with van der Waals surface area (Å²) in [5.41, 5.74) is 1.28. The molecule has 1 heterocycles. The number of aromatic nitrogens is 2. The van der Waals surface area contributed by atoms with E-state index in [2.05, 4.69) is 20.0 Å². The number of hydrogen-bond acceptors (Lipinski definition) is 9. The summed E-state index contributed by atoms with van der Waals surface area (Å²) in [6.45, 7) is 0.399. The summed E-state index contributed by atoms with van der Waals surface area (Å²) in [6.07, 6.45) is 0.283. The quantitative estimate of drug-likeness (QED) is 0.405. The van der Waals surface area contributed by atoms with Crippen LogP contribution in [0.4, 0.5) is 11.5 Å². The number of rotatable bonds is 11. The summed E-state index contributed by atoms with van der Waals surface area (Å²) in [5.74, 6) is 0.845. The average molecular weight is 473 g/mol. The van der Waals surface area contributed by atoms with Crippen molar-refractivity contribution in [1.82, 2.24) is 9.97 Å². The largest absolute Gasteiger partial charge is 0.497 e. The molecule has 0 bridgehead atoms.